The molecule has 0 unspecified atom stereocenters. The number of carbonyl (C=O) groups is 1. The zero-order valence-electron chi connectivity index (χ0n) is 9.75. The third kappa shape index (κ3) is 2.83. The molecule has 0 saturated heterocycles. The molecular formula is C12H7ClF3N3O. The molecule has 0 aliphatic rings. The van der Waals surface area contributed by atoms with Gasteiger partial charge >= 0.3 is 0 Å². The number of hydrogen-bond donors (Lipinski definition) is 2. The Kier molecular flexibility index (Phi) is 3.80. The number of pyridine rings is 1. The Labute approximate surface area is 116 Å². The molecule has 1 heterocycles. The number of aromatic nitrogens is 1. The van der Waals surface area contributed by atoms with E-state index in [9.17, 15) is 18.0 Å². The quantitative estimate of drug-likeness (QED) is 0.838. The molecule has 0 aliphatic carbocycles. The van der Waals surface area contributed by atoms with Crippen molar-refractivity contribution in [2.24, 2.45) is 0 Å². The van der Waals surface area contributed by atoms with Crippen molar-refractivity contribution in [1.82, 2.24) is 4.98 Å². The number of nitrogens with two attached hydrogens (primary N) is 1. The smallest absolute Gasteiger partial charge is 0.257 e. The molecule has 0 saturated carbocycles. The van der Waals surface area contributed by atoms with Crippen molar-refractivity contribution >= 4 is 29.0 Å². The average molecular weight is 302 g/mol. The van der Waals surface area contributed by atoms with Crippen molar-refractivity contribution in [1.29, 1.82) is 0 Å². The minimum absolute atomic E-state index is 0.00617. The second kappa shape index (κ2) is 5.38. The van der Waals surface area contributed by atoms with Crippen LogP contribution in [0.5, 0.6) is 0 Å². The second-order valence-corrected chi connectivity index (χ2v) is 4.20. The molecule has 0 radical (unpaired) electrons. The zero-order chi connectivity index (χ0) is 14.9. The average Bonchev–Trinajstić information content (AvgIpc) is 2.39. The maximum atomic E-state index is 13.4. The van der Waals surface area contributed by atoms with Crippen LogP contribution in [0.3, 0.4) is 0 Å². The highest BCUT2D eigenvalue weighted by molar-refractivity contribution is 6.33. The van der Waals surface area contributed by atoms with Crippen molar-refractivity contribution in [3.05, 3.63) is 52.4 Å². The summed E-state index contributed by atoms with van der Waals surface area (Å²) in [5.41, 5.74) is 4.87. The highest BCUT2D eigenvalue weighted by Crippen LogP contribution is 2.21. The van der Waals surface area contributed by atoms with Gasteiger partial charge in [-0.3, -0.25) is 4.79 Å². The fourth-order valence-electron chi connectivity index (χ4n) is 1.39. The van der Waals surface area contributed by atoms with Crippen molar-refractivity contribution in [2.75, 3.05) is 11.1 Å². The molecule has 20 heavy (non-hydrogen) atoms. The SMILES string of the molecule is Nc1ncc(C(=O)Nc2cc(F)c(F)cc2F)cc1Cl. The van der Waals surface area contributed by atoms with Crippen molar-refractivity contribution in [3.63, 3.8) is 0 Å². The lowest BCUT2D eigenvalue weighted by Crippen LogP contribution is -2.14. The fraction of sp³-hybridized carbons (Fsp3) is 0. The molecule has 1 aromatic heterocycles. The largest absolute Gasteiger partial charge is 0.382 e. The summed E-state index contributed by atoms with van der Waals surface area (Å²) >= 11 is 5.69. The first kappa shape index (κ1) is 14.1. The van der Waals surface area contributed by atoms with Crippen LogP contribution in [0.4, 0.5) is 24.7 Å². The fourth-order valence-corrected chi connectivity index (χ4v) is 1.55. The van der Waals surface area contributed by atoms with E-state index in [0.717, 1.165) is 6.20 Å². The van der Waals surface area contributed by atoms with Gasteiger partial charge in [0, 0.05) is 18.3 Å². The van der Waals surface area contributed by atoms with Gasteiger partial charge in [-0.2, -0.15) is 0 Å². The third-order valence-corrected chi connectivity index (χ3v) is 2.69. The Morgan fingerprint density at radius 2 is 1.80 bits per heavy atom. The lowest BCUT2D eigenvalue weighted by Gasteiger charge is -2.07. The van der Waals surface area contributed by atoms with Crippen LogP contribution >= 0.6 is 11.6 Å². The summed E-state index contributed by atoms with van der Waals surface area (Å²) in [6, 6.07) is 2.09. The second-order valence-electron chi connectivity index (χ2n) is 3.79. The van der Waals surface area contributed by atoms with E-state index in [2.05, 4.69) is 10.3 Å². The molecule has 2 rings (SSSR count). The van der Waals surface area contributed by atoms with Gasteiger partial charge < -0.3 is 11.1 Å². The van der Waals surface area contributed by atoms with Gasteiger partial charge in [0.15, 0.2) is 11.6 Å². The number of benzene rings is 1. The number of nitrogen functional groups attached to an aromatic ring is 1. The summed E-state index contributed by atoms with van der Waals surface area (Å²) in [5, 5.41) is 2.13. The monoisotopic (exact) mass is 301 g/mol. The van der Waals surface area contributed by atoms with Crippen LogP contribution in [0.1, 0.15) is 10.4 Å². The molecule has 8 heteroatoms. The minimum Gasteiger partial charge on any atom is -0.382 e. The van der Waals surface area contributed by atoms with Crippen LogP contribution in [-0.4, -0.2) is 10.9 Å². The van der Waals surface area contributed by atoms with Gasteiger partial charge in [0.05, 0.1) is 16.3 Å². The first-order valence-electron chi connectivity index (χ1n) is 5.25. The number of nitrogens with one attached hydrogen (secondary N) is 1. The van der Waals surface area contributed by atoms with E-state index >= 15 is 0 Å². The predicted molar refractivity (Wildman–Crippen MR) is 67.9 cm³/mol. The van der Waals surface area contributed by atoms with E-state index < -0.39 is 29.0 Å². The highest BCUT2D eigenvalue weighted by Gasteiger charge is 2.14. The summed E-state index contributed by atoms with van der Waals surface area (Å²) in [4.78, 5) is 15.4. The van der Waals surface area contributed by atoms with Gasteiger partial charge in [-0.05, 0) is 6.07 Å². The summed E-state index contributed by atoms with van der Waals surface area (Å²) in [6.07, 6.45) is 1.12. The van der Waals surface area contributed by atoms with Crippen LogP contribution < -0.4 is 11.1 Å². The molecule has 104 valence electrons. The Morgan fingerprint density at radius 1 is 1.15 bits per heavy atom. The zero-order valence-corrected chi connectivity index (χ0v) is 10.5. The molecule has 0 spiro atoms. The van der Waals surface area contributed by atoms with E-state index in [1.54, 1.807) is 0 Å². The number of anilines is 2. The molecule has 0 atom stereocenters. The third-order valence-electron chi connectivity index (χ3n) is 2.39. The number of amides is 1. The van der Waals surface area contributed by atoms with Gasteiger partial charge in [0.25, 0.3) is 5.91 Å². The first-order valence-corrected chi connectivity index (χ1v) is 5.63. The highest BCUT2D eigenvalue weighted by atomic mass is 35.5. The van der Waals surface area contributed by atoms with Gasteiger partial charge in [0.1, 0.15) is 11.6 Å². The lowest BCUT2D eigenvalue weighted by molar-refractivity contribution is 0.102. The van der Waals surface area contributed by atoms with Gasteiger partial charge in [-0.15, -0.1) is 0 Å². The molecule has 2 aromatic rings. The maximum Gasteiger partial charge on any atom is 0.257 e. The normalized spacial score (nSPS) is 10.4. The molecular weight excluding hydrogens is 295 g/mol. The molecule has 3 N–H and O–H groups in total. The topological polar surface area (TPSA) is 68.0 Å². The Morgan fingerprint density at radius 3 is 2.45 bits per heavy atom. The van der Waals surface area contributed by atoms with E-state index in [-0.39, 0.29) is 16.4 Å². The molecule has 0 bridgehead atoms. The lowest BCUT2D eigenvalue weighted by atomic mass is 10.2. The molecule has 1 amide bonds. The standard InChI is InChI=1S/C12H7ClF3N3O/c13-6-1-5(4-18-11(6)17)12(20)19-10-3-8(15)7(14)2-9(10)16/h1-4H,(H2,17,18)(H,19,20). The van der Waals surface area contributed by atoms with Crippen molar-refractivity contribution in [2.45, 2.75) is 0 Å². The maximum absolute atomic E-state index is 13.4. The molecule has 4 nitrogen and oxygen atoms in total. The number of nitrogens with zero attached hydrogens (tertiary/aromatic N) is 1. The van der Waals surface area contributed by atoms with Crippen LogP contribution in [0.2, 0.25) is 5.02 Å². The van der Waals surface area contributed by atoms with Crippen molar-refractivity contribution in [3.8, 4) is 0 Å². The molecule has 0 fully saturated rings. The first-order chi connectivity index (χ1) is 9.38. The number of hydrogen-bond acceptors (Lipinski definition) is 3. The molecule has 1 aromatic carbocycles. The van der Waals surface area contributed by atoms with Crippen LogP contribution in [0, 0.1) is 17.5 Å². The molecule has 0 aliphatic heterocycles. The minimum atomic E-state index is -1.35. The van der Waals surface area contributed by atoms with Crippen LogP contribution in [0.25, 0.3) is 0 Å². The number of carbonyl (C=O) groups excluding carboxylic acids is 1. The van der Waals surface area contributed by atoms with Crippen molar-refractivity contribution < 1.29 is 18.0 Å². The van der Waals surface area contributed by atoms with Gasteiger partial charge in [0.2, 0.25) is 0 Å². The van der Waals surface area contributed by atoms with Crippen LogP contribution in [0.15, 0.2) is 24.4 Å². The van der Waals surface area contributed by atoms with E-state index in [1.807, 2.05) is 0 Å². The summed E-state index contributed by atoms with van der Waals surface area (Å²) in [5.74, 6) is -4.49. The predicted octanol–water partition coefficient (Wildman–Crippen LogP) is 2.99. The summed E-state index contributed by atoms with van der Waals surface area (Å²) < 4.78 is 39.1. The summed E-state index contributed by atoms with van der Waals surface area (Å²) in [6.45, 7) is 0. The summed E-state index contributed by atoms with van der Waals surface area (Å²) in [7, 11) is 0. The van der Waals surface area contributed by atoms with Gasteiger partial charge in [-0.25, -0.2) is 18.2 Å². The number of halogens is 4. The Balaban J connectivity index is 2.27. The van der Waals surface area contributed by atoms with Gasteiger partial charge in [-0.1, -0.05) is 11.6 Å². The van der Waals surface area contributed by atoms with E-state index in [0.29, 0.717) is 12.1 Å². The van der Waals surface area contributed by atoms with E-state index in [1.165, 1.54) is 6.07 Å². The number of rotatable bonds is 2. The Bertz CT molecular complexity index is 694. The van der Waals surface area contributed by atoms with Crippen LogP contribution in [-0.2, 0) is 0 Å². The Hall–Kier alpha value is -2.28. The van der Waals surface area contributed by atoms with E-state index in [4.69, 9.17) is 17.3 Å².